The summed E-state index contributed by atoms with van der Waals surface area (Å²) in [4.78, 5) is 82.5. The number of carbonyl (C=O) groups is 6. The van der Waals surface area contributed by atoms with E-state index in [4.69, 9.17) is 23.7 Å². The van der Waals surface area contributed by atoms with Gasteiger partial charge >= 0.3 is 29.8 Å². The predicted octanol–water partition coefficient (Wildman–Crippen LogP) is 16.9. The molecule has 0 aromatic rings. The molecule has 9 saturated heterocycles. The molecule has 89 heavy (non-hydrogen) atoms. The molecule has 0 amide bonds. The van der Waals surface area contributed by atoms with Gasteiger partial charge in [0, 0.05) is 62.2 Å². The summed E-state index contributed by atoms with van der Waals surface area (Å²) in [5.41, 5.74) is -0.188. The Bertz CT molecular complexity index is 2700. The third-order valence-corrected chi connectivity index (χ3v) is 32.8. The largest absolute Gasteiger partial charge is 0.462 e. The zero-order valence-electron chi connectivity index (χ0n) is 57.6. The van der Waals surface area contributed by atoms with E-state index in [1.807, 2.05) is 0 Å². The van der Waals surface area contributed by atoms with Crippen LogP contribution < -0.4 is 0 Å². The van der Waals surface area contributed by atoms with Gasteiger partial charge in [0.2, 0.25) is 0 Å². The minimum absolute atomic E-state index is 0.0648. The van der Waals surface area contributed by atoms with Crippen LogP contribution in [0.25, 0.3) is 0 Å². The summed E-state index contributed by atoms with van der Waals surface area (Å²) in [7, 11) is 0. The lowest BCUT2D eigenvalue weighted by molar-refractivity contribution is -0.198. The first-order valence-electron chi connectivity index (χ1n) is 37.6. The monoisotopic (exact) mass is 1230 g/mol. The lowest BCUT2D eigenvalue weighted by atomic mass is 9.43. The highest BCUT2D eigenvalue weighted by molar-refractivity contribution is 5.81. The molecule has 498 valence electrons. The van der Waals surface area contributed by atoms with Gasteiger partial charge in [0.25, 0.3) is 0 Å². The summed E-state index contributed by atoms with van der Waals surface area (Å²) in [6.45, 7) is 26.9. The number of hydrogen-bond donors (Lipinski definition) is 0. The van der Waals surface area contributed by atoms with E-state index in [-0.39, 0.29) is 111 Å². The van der Waals surface area contributed by atoms with E-state index in [0.717, 1.165) is 154 Å². The second kappa shape index (κ2) is 24.0. The maximum absolute atomic E-state index is 14.7. The molecule has 0 N–H and O–H groups in total. The van der Waals surface area contributed by atoms with Crippen LogP contribution >= 0.6 is 0 Å². The van der Waals surface area contributed by atoms with Gasteiger partial charge in [-0.3, -0.25) is 28.8 Å². The molecule has 0 unspecified atom stereocenters. The molecule has 9 heterocycles. The number of ether oxygens (including phenoxy) is 5. The lowest BCUT2D eigenvalue weighted by Crippen LogP contribution is -2.59. The minimum Gasteiger partial charge on any atom is -0.462 e. The Morgan fingerprint density at radius 1 is 0.360 bits per heavy atom. The van der Waals surface area contributed by atoms with Gasteiger partial charge < -0.3 is 23.7 Å². The van der Waals surface area contributed by atoms with Crippen molar-refractivity contribution in [2.24, 2.45) is 145 Å². The quantitative estimate of drug-likeness (QED) is 0.196. The Morgan fingerprint density at radius 3 is 1.02 bits per heavy atom. The fourth-order valence-electron chi connectivity index (χ4n) is 28.4. The topological polar surface area (TPSA) is 149 Å². The van der Waals surface area contributed by atoms with Crippen LogP contribution in [-0.2, 0) is 52.5 Å². The van der Waals surface area contributed by atoms with Gasteiger partial charge in [0.1, 0.15) is 36.3 Å². The van der Waals surface area contributed by atoms with Crippen molar-refractivity contribution in [3.63, 3.8) is 0 Å². The van der Waals surface area contributed by atoms with Gasteiger partial charge in [-0.1, -0.05) is 62.3 Å². The Hall–Kier alpha value is -2.98. The maximum atomic E-state index is 14.7. The molecule has 24 bridgehead atoms. The van der Waals surface area contributed by atoms with Gasteiger partial charge in [-0.25, -0.2) is 0 Å². The van der Waals surface area contributed by atoms with Crippen molar-refractivity contribution in [2.75, 3.05) is 0 Å². The summed E-state index contributed by atoms with van der Waals surface area (Å²) in [6, 6.07) is 0. The van der Waals surface area contributed by atoms with E-state index in [1.165, 1.54) is 19.3 Å². The molecule has 11 nitrogen and oxygen atoms in total. The van der Waals surface area contributed by atoms with E-state index >= 15 is 0 Å². The Kier molecular flexibility index (Phi) is 17.5. The molecule has 30 atom stereocenters. The zero-order chi connectivity index (χ0) is 63.1. The van der Waals surface area contributed by atoms with Crippen LogP contribution in [0.2, 0.25) is 0 Å². The molecule has 0 aromatic carbocycles. The van der Waals surface area contributed by atoms with Gasteiger partial charge in [-0.05, 0) is 296 Å². The summed E-state index contributed by atoms with van der Waals surface area (Å²) >= 11 is 0. The number of ketones is 1. The van der Waals surface area contributed by atoms with Gasteiger partial charge in [0.15, 0.2) is 0 Å². The number of Topliss-reactive ketones (excluding diaryl/α,β-unsaturated/α-hetero) is 1. The van der Waals surface area contributed by atoms with E-state index in [1.54, 1.807) is 20.8 Å². The summed E-state index contributed by atoms with van der Waals surface area (Å²) in [5.74, 6) is 7.70. The van der Waals surface area contributed by atoms with Crippen LogP contribution in [-0.4, -0.2) is 66.1 Å². The molecule has 21 aliphatic rings. The van der Waals surface area contributed by atoms with Crippen LogP contribution in [0.3, 0.4) is 0 Å². The van der Waals surface area contributed by atoms with Crippen molar-refractivity contribution >= 4 is 35.6 Å². The fourth-order valence-corrected chi connectivity index (χ4v) is 28.4. The van der Waals surface area contributed by atoms with Gasteiger partial charge in [-0.15, -0.1) is 0 Å². The molecule has 9 aliphatic heterocycles. The molecular formula is C78H120O11. The van der Waals surface area contributed by atoms with Crippen molar-refractivity contribution in [2.45, 2.75) is 306 Å². The zero-order valence-corrected chi connectivity index (χ0v) is 57.6. The molecule has 12 saturated carbocycles. The van der Waals surface area contributed by atoms with Crippen LogP contribution in [0.4, 0.5) is 0 Å². The molecule has 21 rings (SSSR count). The highest BCUT2D eigenvalue weighted by atomic mass is 16.6. The summed E-state index contributed by atoms with van der Waals surface area (Å²) in [5, 5.41) is 0. The van der Waals surface area contributed by atoms with Crippen LogP contribution in [0, 0.1) is 145 Å². The third-order valence-electron chi connectivity index (χ3n) is 32.8. The second-order valence-electron chi connectivity index (χ2n) is 35.9. The van der Waals surface area contributed by atoms with Crippen LogP contribution in [0.5, 0.6) is 0 Å². The van der Waals surface area contributed by atoms with Crippen LogP contribution in [0.1, 0.15) is 276 Å². The van der Waals surface area contributed by atoms with Crippen molar-refractivity contribution in [3.8, 4) is 0 Å². The first kappa shape index (κ1) is 64.7. The fraction of sp³-hybridized carbons (Fsp3) is 0.923. The SMILES string of the molecule is CC(=O)O[C@H]1C[C@H]2[C@H]3CC[C@@H]4C[C@@H](CC[C@@]42C)OC(=O)CC[C@@H](C)[C@H]2CC[C@H]4[C@@H]5CC[C@@H]6C[C@@H](CC[C@]6(C)[C@H]5C[C@H](OC(C)=O)[C@]24C)C(=O)CC[C@@H](C)[C@H]2CC[C@H]4[C@@H]5CC[C@@H]6C[C@@H](CC[C@]6(C)[C@H]5C[C@H](OC(C)=O)[C@]24C)OC(=O)CC[C@@H](C)[C@H]2CC[C@@H]3[C@]12C. The number of carbonyl (C=O) groups excluding carboxylic acids is 6. The molecule has 11 heteroatoms. The Labute approximate surface area is 536 Å². The minimum atomic E-state index is -0.194. The number of rotatable bonds is 3. The van der Waals surface area contributed by atoms with Crippen molar-refractivity contribution in [1.82, 2.24) is 0 Å². The normalized spacial score (nSPS) is 53.1. The average molecular weight is 1230 g/mol. The van der Waals surface area contributed by atoms with Crippen molar-refractivity contribution in [3.05, 3.63) is 0 Å². The smallest absolute Gasteiger partial charge is 0.306 e. The van der Waals surface area contributed by atoms with E-state index in [0.29, 0.717) is 120 Å². The number of esters is 5. The third kappa shape index (κ3) is 10.7. The summed E-state index contributed by atoms with van der Waals surface area (Å²) in [6.07, 6.45) is 28.3. The second-order valence-corrected chi connectivity index (χ2v) is 35.9. The maximum Gasteiger partial charge on any atom is 0.306 e. The van der Waals surface area contributed by atoms with Gasteiger partial charge in [-0.2, -0.15) is 0 Å². The molecule has 0 aromatic heterocycles. The Balaban J connectivity index is 0.750. The summed E-state index contributed by atoms with van der Waals surface area (Å²) < 4.78 is 32.8. The predicted molar refractivity (Wildman–Crippen MR) is 342 cm³/mol. The van der Waals surface area contributed by atoms with E-state index < -0.39 is 0 Å². The first-order chi connectivity index (χ1) is 42.2. The molecule has 0 radical (unpaired) electrons. The molecule has 21 fully saturated rings. The lowest BCUT2D eigenvalue weighted by Gasteiger charge is -2.63. The van der Waals surface area contributed by atoms with Crippen molar-refractivity contribution in [1.29, 1.82) is 0 Å². The highest BCUT2D eigenvalue weighted by Gasteiger charge is 2.69. The molecular weight excluding hydrogens is 1110 g/mol. The number of hydrogen-bond acceptors (Lipinski definition) is 11. The standard InChI is InChI=1S/C78H120O11/c1-43-13-28-67(82)49-31-34-73(7)50(37-49)16-19-55-61-26-23-59(77(61,11)68(40-64(55)73)85-46(4)79)44(2)14-29-71(83)89-54-33-36-75(9)52(39-54)18-21-57-63-27-24-60(78(63,12)70(42-66(57)75)87-48(6)81)45(3)15-30-72(84)88-53-32-35-74(8)51(38-53)17-20-56-62-25-22-58(43)76(62,10)69(41-65(56)74)86-47(5)80/h43-45,49-66,68-70H,13-42H2,1-12H3/t43-,44-,45-,49-,50-,51-,52-,53-,54-,55+,56+,57+,58-,59-,60-,61+,62+,63+,64+,65+,66+,68+,69+,70+,73+,74+,75+,76-,77-,78-/m1/s1. The van der Waals surface area contributed by atoms with E-state index in [9.17, 15) is 28.8 Å². The average Bonchev–Trinajstić information content (AvgIpc) is 1.70. The molecule has 12 aliphatic carbocycles. The first-order valence-corrected chi connectivity index (χ1v) is 37.6. The Morgan fingerprint density at radius 2 is 0.674 bits per heavy atom. The van der Waals surface area contributed by atoms with Crippen molar-refractivity contribution < 1.29 is 52.5 Å². The van der Waals surface area contributed by atoms with Crippen LogP contribution in [0.15, 0.2) is 0 Å². The highest BCUT2D eigenvalue weighted by Crippen LogP contribution is 2.73. The van der Waals surface area contributed by atoms with E-state index in [2.05, 4.69) is 62.3 Å². The molecule has 0 spiro atoms. The van der Waals surface area contributed by atoms with Gasteiger partial charge in [0.05, 0.1) is 0 Å².